The third-order valence-corrected chi connectivity index (χ3v) is 1.99. The van der Waals surface area contributed by atoms with Crippen molar-refractivity contribution in [1.82, 2.24) is 10.1 Å². The highest BCUT2D eigenvalue weighted by atomic mass is 16.6. The van der Waals surface area contributed by atoms with Crippen LogP contribution in [-0.4, -0.2) is 26.1 Å². The Balaban J connectivity index is 2.43. The molecule has 0 bridgehead atoms. The first kappa shape index (κ1) is 10.7. The number of pyridine rings is 1. The average Bonchev–Trinajstić information content (AvgIpc) is 2.78. The number of rotatable bonds is 3. The summed E-state index contributed by atoms with van der Waals surface area (Å²) in [5.74, 6) is -1.24. The Morgan fingerprint density at radius 3 is 2.71 bits per heavy atom. The van der Waals surface area contributed by atoms with Gasteiger partial charge in [-0.25, -0.2) is 9.78 Å². The van der Waals surface area contributed by atoms with Crippen LogP contribution in [-0.2, 0) is 0 Å². The minimum Gasteiger partial charge on any atom is -0.477 e. The van der Waals surface area contributed by atoms with Gasteiger partial charge in [-0.2, -0.15) is 0 Å². The van der Waals surface area contributed by atoms with Crippen LogP contribution in [0.3, 0.4) is 0 Å². The maximum Gasteiger partial charge on any atom is 0.341 e. The van der Waals surface area contributed by atoms with Gasteiger partial charge in [0.05, 0.1) is 11.1 Å². The van der Waals surface area contributed by atoms with Gasteiger partial charge in [-0.15, -0.1) is 0 Å². The van der Waals surface area contributed by atoms with Crippen LogP contribution in [0.5, 0.6) is 0 Å². The zero-order valence-electron chi connectivity index (χ0n) is 8.23. The molecule has 0 unspecified atom stereocenters. The molecule has 8 nitrogen and oxygen atoms in total. The fourth-order valence-corrected chi connectivity index (χ4v) is 1.21. The van der Waals surface area contributed by atoms with E-state index < -0.39 is 10.9 Å². The van der Waals surface area contributed by atoms with Crippen molar-refractivity contribution >= 4 is 11.7 Å². The van der Waals surface area contributed by atoms with Crippen molar-refractivity contribution in [3.8, 4) is 11.5 Å². The molecule has 0 saturated heterocycles. The second-order valence-corrected chi connectivity index (χ2v) is 3.03. The summed E-state index contributed by atoms with van der Waals surface area (Å²) in [6, 6.07) is 2.50. The van der Waals surface area contributed by atoms with E-state index in [4.69, 9.17) is 9.63 Å². The predicted molar refractivity (Wildman–Crippen MR) is 53.3 cm³/mol. The van der Waals surface area contributed by atoms with Crippen LogP contribution in [0, 0.1) is 10.1 Å². The summed E-state index contributed by atoms with van der Waals surface area (Å²) in [5.41, 5.74) is -0.165. The monoisotopic (exact) mass is 235 g/mol. The highest BCUT2D eigenvalue weighted by Gasteiger charge is 2.18. The molecule has 8 heteroatoms. The van der Waals surface area contributed by atoms with Crippen LogP contribution >= 0.6 is 0 Å². The summed E-state index contributed by atoms with van der Waals surface area (Å²) < 4.78 is 4.75. The molecule has 0 amide bonds. The standard InChI is InChI=1S/C9H5N3O5/c13-9(14)6-4-11-17-8(6)7-2-1-5(3-10-7)12(15)16/h1-4H,(H,13,14). The summed E-state index contributed by atoms with van der Waals surface area (Å²) in [6.07, 6.45) is 2.06. The highest BCUT2D eigenvalue weighted by Crippen LogP contribution is 2.22. The first-order valence-corrected chi connectivity index (χ1v) is 4.38. The fourth-order valence-electron chi connectivity index (χ4n) is 1.21. The van der Waals surface area contributed by atoms with E-state index >= 15 is 0 Å². The molecule has 0 spiro atoms. The van der Waals surface area contributed by atoms with E-state index in [1.54, 1.807) is 0 Å². The normalized spacial score (nSPS) is 10.1. The smallest absolute Gasteiger partial charge is 0.341 e. The van der Waals surface area contributed by atoms with E-state index in [9.17, 15) is 14.9 Å². The lowest BCUT2D eigenvalue weighted by molar-refractivity contribution is -0.385. The number of aromatic carboxylic acids is 1. The van der Waals surface area contributed by atoms with Gasteiger partial charge in [-0.1, -0.05) is 5.16 Å². The lowest BCUT2D eigenvalue weighted by atomic mass is 10.2. The van der Waals surface area contributed by atoms with E-state index in [0.717, 1.165) is 12.4 Å². The number of carboxylic acid groups (broad SMARTS) is 1. The molecule has 0 radical (unpaired) electrons. The Kier molecular flexibility index (Phi) is 2.53. The summed E-state index contributed by atoms with van der Waals surface area (Å²) in [4.78, 5) is 24.3. The number of aromatic nitrogens is 2. The number of nitrogens with zero attached hydrogens (tertiary/aromatic N) is 3. The van der Waals surface area contributed by atoms with E-state index in [0.29, 0.717) is 0 Å². The van der Waals surface area contributed by atoms with Gasteiger partial charge in [0.1, 0.15) is 17.5 Å². The summed E-state index contributed by atoms with van der Waals surface area (Å²) in [5, 5.41) is 22.6. The molecule has 86 valence electrons. The van der Waals surface area contributed by atoms with Crippen molar-refractivity contribution in [2.45, 2.75) is 0 Å². The predicted octanol–water partition coefficient (Wildman–Crippen LogP) is 1.34. The van der Waals surface area contributed by atoms with E-state index in [1.165, 1.54) is 12.1 Å². The SMILES string of the molecule is O=C(O)c1cnoc1-c1ccc([N+](=O)[O-])cn1. The molecule has 2 aromatic rings. The third-order valence-electron chi connectivity index (χ3n) is 1.99. The van der Waals surface area contributed by atoms with Crippen molar-refractivity contribution in [3.05, 3.63) is 40.2 Å². The molecule has 1 N–H and O–H groups in total. The zero-order valence-corrected chi connectivity index (χ0v) is 8.23. The summed E-state index contributed by atoms with van der Waals surface area (Å²) in [6.45, 7) is 0. The number of nitro groups is 1. The van der Waals surface area contributed by atoms with Crippen molar-refractivity contribution in [3.63, 3.8) is 0 Å². The Morgan fingerprint density at radius 2 is 2.18 bits per heavy atom. The number of hydrogen-bond acceptors (Lipinski definition) is 6. The molecule has 2 heterocycles. The van der Waals surface area contributed by atoms with E-state index in [-0.39, 0.29) is 22.7 Å². The molecule has 17 heavy (non-hydrogen) atoms. The molecule has 2 aromatic heterocycles. The van der Waals surface area contributed by atoms with Gasteiger partial charge in [0.25, 0.3) is 5.69 Å². The summed E-state index contributed by atoms with van der Waals surface area (Å²) >= 11 is 0. The van der Waals surface area contributed by atoms with Crippen LogP contribution in [0.4, 0.5) is 5.69 Å². The average molecular weight is 235 g/mol. The molecular weight excluding hydrogens is 230 g/mol. The summed E-state index contributed by atoms with van der Waals surface area (Å²) in [7, 11) is 0. The molecule has 0 aliphatic heterocycles. The Hall–Kier alpha value is -2.77. The third kappa shape index (κ3) is 1.95. The number of carbonyl (C=O) groups is 1. The van der Waals surface area contributed by atoms with Crippen LogP contribution in [0.15, 0.2) is 29.0 Å². The van der Waals surface area contributed by atoms with Gasteiger partial charge in [-0.05, 0) is 6.07 Å². The number of hydrogen-bond donors (Lipinski definition) is 1. The Morgan fingerprint density at radius 1 is 1.41 bits per heavy atom. The maximum absolute atomic E-state index is 10.8. The van der Waals surface area contributed by atoms with Crippen molar-refractivity contribution < 1.29 is 19.3 Å². The molecular formula is C9H5N3O5. The lowest BCUT2D eigenvalue weighted by Gasteiger charge is -1.96. The minimum atomic E-state index is -1.21. The van der Waals surface area contributed by atoms with Gasteiger partial charge in [0.2, 0.25) is 0 Å². The van der Waals surface area contributed by atoms with Crippen LogP contribution in [0.25, 0.3) is 11.5 Å². The quantitative estimate of drug-likeness (QED) is 0.629. The van der Waals surface area contributed by atoms with Crippen LogP contribution in [0.1, 0.15) is 10.4 Å². The molecule has 0 saturated carbocycles. The molecule has 0 aromatic carbocycles. The first-order valence-electron chi connectivity index (χ1n) is 4.38. The Bertz CT molecular complexity index is 575. The van der Waals surface area contributed by atoms with Gasteiger partial charge < -0.3 is 9.63 Å². The zero-order chi connectivity index (χ0) is 12.4. The Labute approximate surface area is 93.6 Å². The molecule has 2 rings (SSSR count). The lowest BCUT2D eigenvalue weighted by Crippen LogP contribution is -1.97. The van der Waals surface area contributed by atoms with Gasteiger partial charge >= 0.3 is 5.97 Å². The minimum absolute atomic E-state index is 0.0348. The second kappa shape index (κ2) is 4.00. The van der Waals surface area contributed by atoms with E-state index in [1.807, 2.05) is 0 Å². The van der Waals surface area contributed by atoms with Crippen molar-refractivity contribution in [2.75, 3.05) is 0 Å². The van der Waals surface area contributed by atoms with Gasteiger partial charge in [-0.3, -0.25) is 10.1 Å². The van der Waals surface area contributed by atoms with Gasteiger partial charge in [0.15, 0.2) is 5.76 Å². The molecule has 0 aliphatic carbocycles. The van der Waals surface area contributed by atoms with Crippen molar-refractivity contribution in [1.29, 1.82) is 0 Å². The maximum atomic E-state index is 10.8. The second-order valence-electron chi connectivity index (χ2n) is 3.03. The van der Waals surface area contributed by atoms with E-state index in [2.05, 4.69) is 10.1 Å². The molecule has 0 atom stereocenters. The van der Waals surface area contributed by atoms with Crippen LogP contribution in [0.2, 0.25) is 0 Å². The molecule has 0 aliphatic rings. The highest BCUT2D eigenvalue weighted by molar-refractivity contribution is 5.93. The van der Waals surface area contributed by atoms with Crippen LogP contribution < -0.4 is 0 Å². The molecule has 0 fully saturated rings. The largest absolute Gasteiger partial charge is 0.477 e. The topological polar surface area (TPSA) is 119 Å². The fraction of sp³-hybridized carbons (Fsp3) is 0. The first-order chi connectivity index (χ1) is 8.09. The van der Waals surface area contributed by atoms with Gasteiger partial charge in [0, 0.05) is 6.07 Å². The van der Waals surface area contributed by atoms with Crippen molar-refractivity contribution in [2.24, 2.45) is 0 Å². The number of carboxylic acids is 1.